The van der Waals surface area contributed by atoms with Gasteiger partial charge in [0.25, 0.3) is 0 Å². The molecule has 0 bridgehead atoms. The number of carbonyl (C=O) groups is 1. The van der Waals surface area contributed by atoms with E-state index in [0.29, 0.717) is 25.1 Å². The number of hydrogen-bond donors (Lipinski definition) is 3. The van der Waals surface area contributed by atoms with Crippen LogP contribution in [0.4, 0.5) is 0 Å². The van der Waals surface area contributed by atoms with E-state index in [1.807, 2.05) is 11.8 Å². The number of benzene rings is 1. The Morgan fingerprint density at radius 2 is 2.17 bits per heavy atom. The highest BCUT2D eigenvalue weighted by molar-refractivity contribution is 5.70. The Labute approximate surface area is 105 Å². The Morgan fingerprint density at radius 3 is 2.78 bits per heavy atom. The summed E-state index contributed by atoms with van der Waals surface area (Å²) in [6, 6.07) is 4.29. The lowest BCUT2D eigenvalue weighted by atomic mass is 10.1. The lowest BCUT2D eigenvalue weighted by molar-refractivity contribution is -0.141. The average Bonchev–Trinajstić information content (AvgIpc) is 2.81. The van der Waals surface area contributed by atoms with Crippen LogP contribution in [0.25, 0.3) is 0 Å². The summed E-state index contributed by atoms with van der Waals surface area (Å²) in [6.45, 7) is 3.07. The number of carboxylic acid groups (broad SMARTS) is 1. The molecule has 1 aromatic carbocycles. The maximum Gasteiger partial charge on any atom is 0.307 e. The van der Waals surface area contributed by atoms with Gasteiger partial charge in [-0.15, -0.1) is 0 Å². The van der Waals surface area contributed by atoms with Gasteiger partial charge in [0.1, 0.15) is 11.5 Å². The van der Waals surface area contributed by atoms with Gasteiger partial charge in [0.15, 0.2) is 0 Å². The molecule has 2 rings (SSSR count). The molecular weight excluding hydrogens is 234 g/mol. The molecule has 1 fully saturated rings. The molecule has 0 radical (unpaired) electrons. The van der Waals surface area contributed by atoms with Crippen molar-refractivity contribution in [3.8, 4) is 11.5 Å². The van der Waals surface area contributed by atoms with Crippen molar-refractivity contribution in [2.75, 3.05) is 13.1 Å². The summed E-state index contributed by atoms with van der Waals surface area (Å²) in [7, 11) is 0. The second-order valence-corrected chi connectivity index (χ2v) is 4.74. The van der Waals surface area contributed by atoms with Gasteiger partial charge in [0.2, 0.25) is 0 Å². The smallest absolute Gasteiger partial charge is 0.307 e. The van der Waals surface area contributed by atoms with Crippen LogP contribution in [0.1, 0.15) is 24.9 Å². The van der Waals surface area contributed by atoms with Gasteiger partial charge in [-0.1, -0.05) is 0 Å². The minimum Gasteiger partial charge on any atom is -0.508 e. The first-order valence-corrected chi connectivity index (χ1v) is 5.97. The first kappa shape index (κ1) is 12.7. The van der Waals surface area contributed by atoms with Crippen LogP contribution < -0.4 is 0 Å². The molecule has 1 saturated heterocycles. The molecular formula is C13H17NO4. The second kappa shape index (κ2) is 4.86. The largest absolute Gasteiger partial charge is 0.508 e. The van der Waals surface area contributed by atoms with Crippen LogP contribution in [0.3, 0.4) is 0 Å². The number of aliphatic carboxylic acids is 1. The van der Waals surface area contributed by atoms with Gasteiger partial charge in [-0.2, -0.15) is 0 Å². The normalized spacial score (nSPS) is 21.9. The standard InChI is InChI=1S/C13H17NO4/c1-8(11-6-10(15)2-3-12(11)16)14-5-4-9(7-14)13(17)18/h2-3,6,8-9,15-16H,4-5,7H2,1H3,(H,17,18). The van der Waals surface area contributed by atoms with E-state index in [4.69, 9.17) is 5.11 Å². The highest BCUT2D eigenvalue weighted by atomic mass is 16.4. The van der Waals surface area contributed by atoms with Crippen molar-refractivity contribution in [2.24, 2.45) is 5.92 Å². The number of rotatable bonds is 3. The van der Waals surface area contributed by atoms with Gasteiger partial charge in [-0.05, 0) is 38.1 Å². The number of phenolic OH excluding ortho intramolecular Hbond substituents is 2. The fourth-order valence-electron chi connectivity index (χ4n) is 2.41. The van der Waals surface area contributed by atoms with Crippen LogP contribution in [-0.2, 0) is 4.79 Å². The molecule has 1 aliphatic rings. The number of hydrogen-bond acceptors (Lipinski definition) is 4. The molecule has 1 aromatic rings. The molecule has 2 atom stereocenters. The minimum atomic E-state index is -0.773. The maximum atomic E-state index is 10.9. The molecule has 0 saturated carbocycles. The Kier molecular flexibility index (Phi) is 3.43. The van der Waals surface area contributed by atoms with Crippen LogP contribution in [0.2, 0.25) is 0 Å². The topological polar surface area (TPSA) is 81.0 Å². The first-order chi connectivity index (χ1) is 8.49. The fourth-order valence-corrected chi connectivity index (χ4v) is 2.41. The average molecular weight is 251 g/mol. The molecule has 5 heteroatoms. The monoisotopic (exact) mass is 251 g/mol. The molecule has 0 amide bonds. The minimum absolute atomic E-state index is 0.101. The van der Waals surface area contributed by atoms with Crippen LogP contribution in [0, 0.1) is 5.92 Å². The van der Waals surface area contributed by atoms with Crippen LogP contribution in [0.15, 0.2) is 18.2 Å². The van der Waals surface area contributed by atoms with E-state index < -0.39 is 5.97 Å². The maximum absolute atomic E-state index is 10.9. The third kappa shape index (κ3) is 2.41. The third-order valence-electron chi connectivity index (χ3n) is 3.58. The molecule has 98 valence electrons. The zero-order valence-corrected chi connectivity index (χ0v) is 10.2. The second-order valence-electron chi connectivity index (χ2n) is 4.74. The van der Waals surface area contributed by atoms with Gasteiger partial charge >= 0.3 is 5.97 Å². The van der Waals surface area contributed by atoms with Crippen molar-refractivity contribution in [1.29, 1.82) is 0 Å². The summed E-state index contributed by atoms with van der Waals surface area (Å²) >= 11 is 0. The van der Waals surface area contributed by atoms with Gasteiger partial charge < -0.3 is 15.3 Å². The quantitative estimate of drug-likeness (QED) is 0.710. The van der Waals surface area contributed by atoms with E-state index in [1.54, 1.807) is 0 Å². The van der Waals surface area contributed by atoms with Crippen molar-refractivity contribution >= 4 is 5.97 Å². The molecule has 1 aliphatic heterocycles. The Hall–Kier alpha value is -1.75. The van der Waals surface area contributed by atoms with E-state index in [1.165, 1.54) is 18.2 Å². The lowest BCUT2D eigenvalue weighted by Gasteiger charge is -2.25. The van der Waals surface area contributed by atoms with Gasteiger partial charge in [-0.3, -0.25) is 9.69 Å². The van der Waals surface area contributed by atoms with Crippen molar-refractivity contribution in [3.05, 3.63) is 23.8 Å². The molecule has 1 heterocycles. The molecule has 3 N–H and O–H groups in total. The summed E-state index contributed by atoms with van der Waals surface area (Å²) in [5, 5.41) is 28.2. The van der Waals surface area contributed by atoms with E-state index in [-0.39, 0.29) is 23.5 Å². The number of likely N-dealkylation sites (tertiary alicyclic amines) is 1. The summed E-state index contributed by atoms with van der Waals surface area (Å²) in [5.41, 5.74) is 0.626. The Morgan fingerprint density at radius 1 is 1.44 bits per heavy atom. The lowest BCUT2D eigenvalue weighted by Crippen LogP contribution is -2.26. The Balaban J connectivity index is 2.15. The predicted molar refractivity (Wildman–Crippen MR) is 65.5 cm³/mol. The fraction of sp³-hybridized carbons (Fsp3) is 0.462. The van der Waals surface area contributed by atoms with Crippen molar-refractivity contribution in [2.45, 2.75) is 19.4 Å². The van der Waals surface area contributed by atoms with E-state index in [9.17, 15) is 15.0 Å². The van der Waals surface area contributed by atoms with Crippen LogP contribution in [0.5, 0.6) is 11.5 Å². The Bertz CT molecular complexity index is 460. The number of nitrogens with zero attached hydrogens (tertiary/aromatic N) is 1. The van der Waals surface area contributed by atoms with E-state index >= 15 is 0 Å². The summed E-state index contributed by atoms with van der Waals surface area (Å²) in [4.78, 5) is 12.9. The third-order valence-corrected chi connectivity index (χ3v) is 3.58. The van der Waals surface area contributed by atoms with Gasteiger partial charge in [-0.25, -0.2) is 0 Å². The van der Waals surface area contributed by atoms with Crippen molar-refractivity contribution in [3.63, 3.8) is 0 Å². The summed E-state index contributed by atoms with van der Waals surface area (Å²) < 4.78 is 0. The summed E-state index contributed by atoms with van der Waals surface area (Å²) in [6.07, 6.45) is 0.624. The number of aromatic hydroxyl groups is 2. The zero-order valence-electron chi connectivity index (χ0n) is 10.2. The molecule has 18 heavy (non-hydrogen) atoms. The zero-order chi connectivity index (χ0) is 13.3. The first-order valence-electron chi connectivity index (χ1n) is 5.97. The van der Waals surface area contributed by atoms with E-state index in [0.717, 1.165) is 0 Å². The highest BCUT2D eigenvalue weighted by Crippen LogP contribution is 2.34. The SMILES string of the molecule is CC(c1cc(O)ccc1O)N1CCC(C(=O)O)C1. The van der Waals surface area contributed by atoms with Gasteiger partial charge in [0, 0.05) is 18.2 Å². The molecule has 0 aromatic heterocycles. The number of carboxylic acids is 1. The van der Waals surface area contributed by atoms with Crippen LogP contribution >= 0.6 is 0 Å². The van der Waals surface area contributed by atoms with Gasteiger partial charge in [0.05, 0.1) is 5.92 Å². The van der Waals surface area contributed by atoms with Crippen molar-refractivity contribution in [1.82, 2.24) is 4.90 Å². The molecule has 2 unspecified atom stereocenters. The number of phenols is 2. The van der Waals surface area contributed by atoms with Crippen LogP contribution in [-0.4, -0.2) is 39.3 Å². The predicted octanol–water partition coefficient (Wildman–Crippen LogP) is 1.57. The molecule has 0 spiro atoms. The molecule has 0 aliphatic carbocycles. The van der Waals surface area contributed by atoms with Crippen molar-refractivity contribution < 1.29 is 20.1 Å². The molecule has 5 nitrogen and oxygen atoms in total. The van der Waals surface area contributed by atoms with E-state index in [2.05, 4.69) is 0 Å². The summed E-state index contributed by atoms with van der Waals surface area (Å²) in [5.74, 6) is -0.889. The highest BCUT2D eigenvalue weighted by Gasteiger charge is 2.31.